The molecule has 2 saturated heterocycles. The fourth-order valence-corrected chi connectivity index (χ4v) is 2.70. The first-order valence-electron chi connectivity index (χ1n) is 7.71. The van der Waals surface area contributed by atoms with E-state index in [1.807, 2.05) is 0 Å². The topological polar surface area (TPSA) is 95.5 Å². The first-order valence-corrected chi connectivity index (χ1v) is 7.71. The maximum atomic E-state index is 11.6. The maximum absolute atomic E-state index is 11.6. The van der Waals surface area contributed by atoms with Gasteiger partial charge in [-0.3, -0.25) is 0 Å². The average Bonchev–Trinajstić information content (AvgIpc) is 2.85. The highest BCUT2D eigenvalue weighted by Gasteiger charge is 2.56. The molecule has 2 aliphatic rings. The Labute approximate surface area is 136 Å². The highest BCUT2D eigenvalue weighted by molar-refractivity contribution is 5.67. The Morgan fingerprint density at radius 2 is 2.00 bits per heavy atom. The minimum atomic E-state index is -0.978. The Bertz CT molecular complexity index is 434. The number of ether oxygens (including phenoxy) is 5. The second-order valence-corrected chi connectivity index (χ2v) is 7.22. The van der Waals surface area contributed by atoms with E-state index in [0.29, 0.717) is 0 Å². The molecule has 0 bridgehead atoms. The molecule has 2 aliphatic heterocycles. The fraction of sp³-hybridized carbons (Fsp3) is 0.933. The van der Waals surface area contributed by atoms with Gasteiger partial charge in [-0.1, -0.05) is 0 Å². The van der Waals surface area contributed by atoms with Crippen molar-refractivity contribution in [1.29, 1.82) is 0 Å². The Morgan fingerprint density at radius 1 is 1.35 bits per heavy atom. The zero-order valence-electron chi connectivity index (χ0n) is 14.5. The monoisotopic (exact) mass is 333 g/mol. The van der Waals surface area contributed by atoms with Crippen LogP contribution in [0.2, 0.25) is 0 Å². The fourth-order valence-electron chi connectivity index (χ4n) is 2.70. The molecule has 1 amide bonds. The SMILES string of the molecule is CO[C@@H]1[C@H]2OC(C)(C)O[C@H]2O[C@@H]1[C@H](O)CNC(=O)OC(C)(C)C. The molecule has 2 N–H and O–H groups in total. The quantitative estimate of drug-likeness (QED) is 0.784. The lowest BCUT2D eigenvalue weighted by atomic mass is 10.1. The van der Waals surface area contributed by atoms with Crippen molar-refractivity contribution in [2.75, 3.05) is 13.7 Å². The molecule has 0 radical (unpaired) electrons. The van der Waals surface area contributed by atoms with E-state index in [4.69, 9.17) is 23.7 Å². The number of rotatable bonds is 4. The first-order chi connectivity index (χ1) is 10.5. The van der Waals surface area contributed by atoms with Crippen molar-refractivity contribution in [3.63, 3.8) is 0 Å². The molecule has 0 unspecified atom stereocenters. The average molecular weight is 333 g/mol. The van der Waals surface area contributed by atoms with Crippen LogP contribution in [0.5, 0.6) is 0 Å². The van der Waals surface area contributed by atoms with Gasteiger partial charge in [0.05, 0.1) is 0 Å². The summed E-state index contributed by atoms with van der Waals surface area (Å²) >= 11 is 0. The summed E-state index contributed by atoms with van der Waals surface area (Å²) in [7, 11) is 1.52. The Kier molecular flexibility index (Phi) is 5.22. The van der Waals surface area contributed by atoms with Gasteiger partial charge in [0, 0.05) is 13.7 Å². The van der Waals surface area contributed by atoms with Gasteiger partial charge in [0.25, 0.3) is 0 Å². The zero-order chi connectivity index (χ0) is 17.4. The van der Waals surface area contributed by atoms with Crippen molar-refractivity contribution < 1.29 is 33.6 Å². The van der Waals surface area contributed by atoms with Gasteiger partial charge in [-0.2, -0.15) is 0 Å². The van der Waals surface area contributed by atoms with Gasteiger partial charge in [-0.05, 0) is 34.6 Å². The predicted molar refractivity (Wildman–Crippen MR) is 79.7 cm³/mol. The standard InChI is InChI=1S/C15H27NO7/c1-14(2,3)23-13(18)16-7-8(17)9-10(19-6)11-12(20-9)22-15(4,5)21-11/h8-12,17H,7H2,1-6H3,(H,16,18)/t8-,9-,10+,11-,12-/m1/s1. The van der Waals surface area contributed by atoms with E-state index in [1.54, 1.807) is 34.6 Å². The van der Waals surface area contributed by atoms with Gasteiger partial charge in [-0.25, -0.2) is 4.79 Å². The van der Waals surface area contributed by atoms with Crippen molar-refractivity contribution in [1.82, 2.24) is 5.32 Å². The number of hydrogen-bond donors (Lipinski definition) is 2. The molecule has 0 aromatic carbocycles. The van der Waals surface area contributed by atoms with E-state index < -0.39 is 48.2 Å². The highest BCUT2D eigenvalue weighted by atomic mass is 16.8. The molecular weight excluding hydrogens is 306 g/mol. The lowest BCUT2D eigenvalue weighted by molar-refractivity contribution is -0.227. The molecule has 0 aromatic heterocycles. The number of hydrogen-bond acceptors (Lipinski definition) is 7. The molecule has 2 rings (SSSR count). The third-order valence-electron chi connectivity index (χ3n) is 3.53. The summed E-state index contributed by atoms with van der Waals surface area (Å²) in [6, 6.07) is 0. The minimum absolute atomic E-state index is 0.0255. The molecule has 134 valence electrons. The van der Waals surface area contributed by atoms with Crippen molar-refractivity contribution in [3.05, 3.63) is 0 Å². The van der Waals surface area contributed by atoms with Gasteiger partial charge in [-0.15, -0.1) is 0 Å². The second kappa shape index (κ2) is 6.52. The number of amides is 1. The van der Waals surface area contributed by atoms with Crippen LogP contribution in [-0.2, 0) is 23.7 Å². The molecular formula is C15H27NO7. The number of carbonyl (C=O) groups is 1. The van der Waals surface area contributed by atoms with Crippen LogP contribution in [0, 0.1) is 0 Å². The molecule has 5 atom stereocenters. The van der Waals surface area contributed by atoms with Crippen molar-refractivity contribution in [3.8, 4) is 0 Å². The summed E-state index contributed by atoms with van der Waals surface area (Å²) in [6.45, 7) is 8.85. The largest absolute Gasteiger partial charge is 0.444 e. The van der Waals surface area contributed by atoms with E-state index >= 15 is 0 Å². The van der Waals surface area contributed by atoms with E-state index in [9.17, 15) is 9.90 Å². The number of aliphatic hydroxyl groups is 1. The van der Waals surface area contributed by atoms with Crippen LogP contribution in [0.1, 0.15) is 34.6 Å². The van der Waals surface area contributed by atoms with Crippen LogP contribution in [0.25, 0.3) is 0 Å². The Morgan fingerprint density at radius 3 is 2.57 bits per heavy atom. The molecule has 0 aromatic rings. The van der Waals surface area contributed by atoms with Gasteiger partial charge in [0.1, 0.15) is 30.0 Å². The summed E-state index contributed by atoms with van der Waals surface area (Å²) in [4.78, 5) is 11.6. The highest BCUT2D eigenvalue weighted by Crippen LogP contribution is 2.39. The predicted octanol–water partition coefficient (Wildman–Crippen LogP) is 0.763. The van der Waals surface area contributed by atoms with Crippen LogP contribution >= 0.6 is 0 Å². The summed E-state index contributed by atoms with van der Waals surface area (Å²) in [5.74, 6) is -0.753. The smallest absolute Gasteiger partial charge is 0.407 e. The van der Waals surface area contributed by atoms with Crippen molar-refractivity contribution >= 4 is 6.09 Å². The summed E-state index contributed by atoms with van der Waals surface area (Å²) < 4.78 is 27.6. The van der Waals surface area contributed by atoms with Gasteiger partial charge in [0.15, 0.2) is 12.1 Å². The summed E-state index contributed by atoms with van der Waals surface area (Å²) in [5, 5.41) is 12.8. The number of fused-ring (bicyclic) bond motifs is 1. The van der Waals surface area contributed by atoms with E-state index in [2.05, 4.69) is 5.32 Å². The molecule has 2 fully saturated rings. The first kappa shape index (κ1) is 18.4. The van der Waals surface area contributed by atoms with E-state index in [-0.39, 0.29) is 6.54 Å². The van der Waals surface area contributed by atoms with Crippen LogP contribution in [0.3, 0.4) is 0 Å². The molecule has 23 heavy (non-hydrogen) atoms. The summed E-state index contributed by atoms with van der Waals surface area (Å²) in [6.07, 6.45) is -3.75. The van der Waals surface area contributed by atoms with Crippen LogP contribution < -0.4 is 5.32 Å². The zero-order valence-corrected chi connectivity index (χ0v) is 14.5. The van der Waals surface area contributed by atoms with Gasteiger partial charge < -0.3 is 34.1 Å². The normalized spacial score (nSPS) is 34.0. The molecule has 0 aliphatic carbocycles. The van der Waals surface area contributed by atoms with Gasteiger partial charge >= 0.3 is 6.09 Å². The third-order valence-corrected chi connectivity index (χ3v) is 3.53. The van der Waals surface area contributed by atoms with Crippen LogP contribution in [0.4, 0.5) is 4.79 Å². The number of aliphatic hydroxyl groups excluding tert-OH is 1. The van der Waals surface area contributed by atoms with E-state index in [1.165, 1.54) is 7.11 Å². The maximum Gasteiger partial charge on any atom is 0.407 e. The molecule has 8 heteroatoms. The lowest BCUT2D eigenvalue weighted by Crippen LogP contribution is -2.47. The van der Waals surface area contributed by atoms with Crippen molar-refractivity contribution in [2.45, 2.75) is 76.7 Å². The van der Waals surface area contributed by atoms with Gasteiger partial charge in [0.2, 0.25) is 0 Å². The Balaban J connectivity index is 1.88. The van der Waals surface area contributed by atoms with Crippen LogP contribution in [-0.4, -0.2) is 66.9 Å². The molecule has 0 spiro atoms. The summed E-state index contributed by atoms with van der Waals surface area (Å²) in [5.41, 5.74) is -0.599. The minimum Gasteiger partial charge on any atom is -0.444 e. The number of carbonyl (C=O) groups excluding carboxylic acids is 1. The van der Waals surface area contributed by atoms with Crippen molar-refractivity contribution in [2.24, 2.45) is 0 Å². The van der Waals surface area contributed by atoms with E-state index in [0.717, 1.165) is 0 Å². The molecule has 8 nitrogen and oxygen atoms in total. The molecule has 2 heterocycles. The Hall–Kier alpha value is -0.930. The lowest BCUT2D eigenvalue weighted by Gasteiger charge is -2.28. The van der Waals surface area contributed by atoms with Crippen LogP contribution in [0.15, 0.2) is 0 Å². The number of nitrogens with one attached hydrogen (secondary N) is 1. The number of methoxy groups -OCH3 is 1. The second-order valence-electron chi connectivity index (χ2n) is 7.22. The number of alkyl carbamates (subject to hydrolysis) is 1. The third kappa shape index (κ3) is 4.54. The molecule has 0 saturated carbocycles.